The van der Waals surface area contributed by atoms with Crippen molar-refractivity contribution in [3.8, 4) is 5.75 Å². The Bertz CT molecular complexity index is 325. The van der Waals surface area contributed by atoms with Crippen LogP contribution in [-0.2, 0) is 4.74 Å². The van der Waals surface area contributed by atoms with E-state index in [1.54, 1.807) is 7.11 Å². The number of nitrogen functional groups attached to an aromatic ring is 1. The minimum atomic E-state index is 0.423. The van der Waals surface area contributed by atoms with Crippen molar-refractivity contribution < 1.29 is 9.47 Å². The summed E-state index contributed by atoms with van der Waals surface area (Å²) in [6, 6.07) is 5.79. The van der Waals surface area contributed by atoms with Crippen LogP contribution in [0.4, 0.5) is 5.69 Å². The summed E-state index contributed by atoms with van der Waals surface area (Å²) in [5.74, 6) is 1.37. The smallest absolute Gasteiger partial charge is 0.122 e. The zero-order valence-electron chi connectivity index (χ0n) is 8.32. The van der Waals surface area contributed by atoms with Crippen LogP contribution in [0.3, 0.4) is 0 Å². The Labute approximate surface area is 83.8 Å². The largest absolute Gasteiger partial charge is 0.493 e. The molecule has 0 bridgehead atoms. The number of ether oxygens (including phenoxy) is 2. The summed E-state index contributed by atoms with van der Waals surface area (Å²) in [5, 5.41) is 0. The molecule has 0 amide bonds. The van der Waals surface area contributed by atoms with Gasteiger partial charge in [-0.05, 0) is 24.6 Å². The van der Waals surface area contributed by atoms with E-state index >= 15 is 0 Å². The van der Waals surface area contributed by atoms with Crippen molar-refractivity contribution in [2.45, 2.75) is 12.3 Å². The highest BCUT2D eigenvalue weighted by atomic mass is 16.5. The number of nitrogens with two attached hydrogens (primary N) is 1. The Morgan fingerprint density at radius 1 is 1.57 bits per heavy atom. The maximum atomic E-state index is 5.74. The molecule has 1 aliphatic heterocycles. The summed E-state index contributed by atoms with van der Waals surface area (Å²) in [6.07, 6.45) is 1.00. The molecule has 0 radical (unpaired) electrons. The minimum absolute atomic E-state index is 0.423. The average molecular weight is 193 g/mol. The van der Waals surface area contributed by atoms with Crippen LogP contribution in [0.15, 0.2) is 18.2 Å². The molecule has 76 valence electrons. The van der Waals surface area contributed by atoms with Crippen LogP contribution in [0.5, 0.6) is 5.75 Å². The van der Waals surface area contributed by atoms with E-state index in [2.05, 4.69) is 0 Å². The summed E-state index contributed by atoms with van der Waals surface area (Å²) in [5.41, 5.74) is 7.71. The third kappa shape index (κ3) is 1.68. The van der Waals surface area contributed by atoms with Gasteiger partial charge in [0.15, 0.2) is 0 Å². The maximum absolute atomic E-state index is 5.74. The Morgan fingerprint density at radius 3 is 3.21 bits per heavy atom. The Balaban J connectivity index is 2.32. The van der Waals surface area contributed by atoms with Gasteiger partial charge in [-0.15, -0.1) is 0 Å². The summed E-state index contributed by atoms with van der Waals surface area (Å²) in [7, 11) is 1.72. The highest BCUT2D eigenvalue weighted by Gasteiger charge is 2.21. The standard InChI is InChI=1S/C11H15NO2/c1-13-7-8-4-5-14-11-3-2-9(12)6-10(8)11/h2-3,6,8H,4-5,7,12H2,1H3. The predicted octanol–water partition coefficient (Wildman–Crippen LogP) is 1.78. The molecule has 1 heterocycles. The molecule has 3 heteroatoms. The number of benzene rings is 1. The molecule has 1 aliphatic rings. The van der Waals surface area contributed by atoms with Gasteiger partial charge in [-0.25, -0.2) is 0 Å². The lowest BCUT2D eigenvalue weighted by Gasteiger charge is -2.25. The summed E-state index contributed by atoms with van der Waals surface area (Å²) in [4.78, 5) is 0. The molecule has 0 spiro atoms. The number of fused-ring (bicyclic) bond motifs is 1. The van der Waals surface area contributed by atoms with Crippen molar-refractivity contribution in [3.05, 3.63) is 23.8 Å². The molecular weight excluding hydrogens is 178 g/mol. The highest BCUT2D eigenvalue weighted by Crippen LogP contribution is 2.34. The lowest BCUT2D eigenvalue weighted by molar-refractivity contribution is 0.153. The van der Waals surface area contributed by atoms with Crippen LogP contribution in [0.25, 0.3) is 0 Å². The molecule has 0 saturated heterocycles. The number of anilines is 1. The zero-order chi connectivity index (χ0) is 9.97. The fourth-order valence-electron chi connectivity index (χ4n) is 1.86. The molecule has 0 aromatic heterocycles. The van der Waals surface area contributed by atoms with Gasteiger partial charge in [-0.2, -0.15) is 0 Å². The molecule has 1 atom stereocenters. The summed E-state index contributed by atoms with van der Waals surface area (Å²) in [6.45, 7) is 1.50. The quantitative estimate of drug-likeness (QED) is 0.728. The second kappa shape index (κ2) is 3.88. The third-order valence-corrected chi connectivity index (χ3v) is 2.57. The molecule has 2 rings (SSSR count). The first kappa shape index (κ1) is 9.34. The van der Waals surface area contributed by atoms with E-state index in [1.807, 2.05) is 18.2 Å². The SMILES string of the molecule is COCC1CCOc2ccc(N)cc21. The van der Waals surface area contributed by atoms with Crippen molar-refractivity contribution in [2.24, 2.45) is 0 Å². The fraction of sp³-hybridized carbons (Fsp3) is 0.455. The van der Waals surface area contributed by atoms with Gasteiger partial charge in [0.1, 0.15) is 5.75 Å². The number of hydrogen-bond acceptors (Lipinski definition) is 3. The minimum Gasteiger partial charge on any atom is -0.493 e. The van der Waals surface area contributed by atoms with Crippen molar-refractivity contribution in [2.75, 3.05) is 26.1 Å². The average Bonchev–Trinajstić information content (AvgIpc) is 2.19. The zero-order valence-corrected chi connectivity index (χ0v) is 8.32. The van der Waals surface area contributed by atoms with Gasteiger partial charge >= 0.3 is 0 Å². The van der Waals surface area contributed by atoms with E-state index in [0.717, 1.165) is 31.1 Å². The van der Waals surface area contributed by atoms with Crippen LogP contribution in [-0.4, -0.2) is 20.3 Å². The topological polar surface area (TPSA) is 44.5 Å². The molecular formula is C11H15NO2. The maximum Gasteiger partial charge on any atom is 0.122 e. The van der Waals surface area contributed by atoms with Crippen LogP contribution in [0.1, 0.15) is 17.9 Å². The van der Waals surface area contributed by atoms with Gasteiger partial charge < -0.3 is 15.2 Å². The van der Waals surface area contributed by atoms with E-state index in [9.17, 15) is 0 Å². The van der Waals surface area contributed by atoms with Crippen molar-refractivity contribution in [3.63, 3.8) is 0 Å². The van der Waals surface area contributed by atoms with Crippen LogP contribution in [0, 0.1) is 0 Å². The van der Waals surface area contributed by atoms with Gasteiger partial charge in [0.2, 0.25) is 0 Å². The number of hydrogen-bond donors (Lipinski definition) is 1. The van der Waals surface area contributed by atoms with Gasteiger partial charge in [-0.1, -0.05) is 0 Å². The molecule has 2 N–H and O–H groups in total. The Kier molecular flexibility index (Phi) is 2.59. The van der Waals surface area contributed by atoms with E-state index < -0.39 is 0 Å². The van der Waals surface area contributed by atoms with Crippen molar-refractivity contribution in [1.29, 1.82) is 0 Å². The molecule has 14 heavy (non-hydrogen) atoms. The lowest BCUT2D eigenvalue weighted by atomic mass is 9.93. The Hall–Kier alpha value is -1.22. The van der Waals surface area contributed by atoms with E-state index in [0.29, 0.717) is 5.92 Å². The fourth-order valence-corrected chi connectivity index (χ4v) is 1.86. The van der Waals surface area contributed by atoms with Gasteiger partial charge in [-0.3, -0.25) is 0 Å². The molecule has 1 aromatic rings. The molecule has 0 saturated carbocycles. The van der Waals surface area contributed by atoms with Crippen LogP contribution in [0.2, 0.25) is 0 Å². The first-order valence-corrected chi connectivity index (χ1v) is 4.82. The van der Waals surface area contributed by atoms with E-state index in [-0.39, 0.29) is 0 Å². The molecule has 3 nitrogen and oxygen atoms in total. The second-order valence-corrected chi connectivity index (χ2v) is 3.59. The van der Waals surface area contributed by atoms with Crippen LogP contribution < -0.4 is 10.5 Å². The molecule has 0 fully saturated rings. The predicted molar refractivity (Wildman–Crippen MR) is 55.6 cm³/mol. The number of methoxy groups -OCH3 is 1. The summed E-state index contributed by atoms with van der Waals surface area (Å²) < 4.78 is 10.7. The lowest BCUT2D eigenvalue weighted by Crippen LogP contribution is -2.17. The monoisotopic (exact) mass is 193 g/mol. The van der Waals surface area contributed by atoms with Crippen molar-refractivity contribution >= 4 is 5.69 Å². The molecule has 1 unspecified atom stereocenters. The van der Waals surface area contributed by atoms with Gasteiger partial charge in [0.05, 0.1) is 13.2 Å². The first-order valence-electron chi connectivity index (χ1n) is 4.82. The first-order chi connectivity index (χ1) is 6.81. The van der Waals surface area contributed by atoms with E-state index in [4.69, 9.17) is 15.2 Å². The Morgan fingerprint density at radius 2 is 2.43 bits per heavy atom. The molecule has 1 aromatic carbocycles. The third-order valence-electron chi connectivity index (χ3n) is 2.57. The summed E-state index contributed by atoms with van der Waals surface area (Å²) >= 11 is 0. The second-order valence-electron chi connectivity index (χ2n) is 3.59. The molecule has 0 aliphatic carbocycles. The van der Waals surface area contributed by atoms with Crippen molar-refractivity contribution in [1.82, 2.24) is 0 Å². The van der Waals surface area contributed by atoms with Gasteiger partial charge in [0.25, 0.3) is 0 Å². The van der Waals surface area contributed by atoms with Crippen LogP contribution >= 0.6 is 0 Å². The normalized spacial score (nSPS) is 19.9. The highest BCUT2D eigenvalue weighted by molar-refractivity contribution is 5.50. The number of rotatable bonds is 2. The van der Waals surface area contributed by atoms with Gasteiger partial charge in [0, 0.05) is 24.3 Å². The van der Waals surface area contributed by atoms with E-state index in [1.165, 1.54) is 5.56 Å².